The van der Waals surface area contributed by atoms with Crippen LogP contribution in [0.2, 0.25) is 0 Å². The van der Waals surface area contributed by atoms with Crippen LogP contribution in [0.25, 0.3) is 0 Å². The van der Waals surface area contributed by atoms with Crippen molar-refractivity contribution >= 4 is 11.9 Å². The van der Waals surface area contributed by atoms with Crippen molar-refractivity contribution in [3.8, 4) is 0 Å². The molecule has 2 rings (SSSR count). The zero-order valence-corrected chi connectivity index (χ0v) is 12.8. The maximum absolute atomic E-state index is 12.5. The van der Waals surface area contributed by atoms with Crippen LogP contribution in [0.4, 0.5) is 0 Å². The fraction of sp³-hybridized carbons (Fsp3) is 0.667. The van der Waals surface area contributed by atoms with Gasteiger partial charge in [0, 0.05) is 25.8 Å². The van der Waals surface area contributed by atoms with Crippen molar-refractivity contribution < 1.29 is 14.7 Å². The van der Waals surface area contributed by atoms with Crippen LogP contribution >= 0.6 is 0 Å². The van der Waals surface area contributed by atoms with E-state index in [-0.39, 0.29) is 18.4 Å². The van der Waals surface area contributed by atoms with Crippen molar-refractivity contribution in [2.75, 3.05) is 13.1 Å². The van der Waals surface area contributed by atoms with Crippen LogP contribution in [0.5, 0.6) is 0 Å². The molecule has 1 fully saturated rings. The van der Waals surface area contributed by atoms with Gasteiger partial charge in [0.1, 0.15) is 0 Å². The number of nitrogens with zero attached hydrogens (tertiary/aromatic N) is 3. The van der Waals surface area contributed by atoms with Crippen molar-refractivity contribution in [1.82, 2.24) is 14.7 Å². The minimum absolute atomic E-state index is 0.122. The largest absolute Gasteiger partial charge is 0.481 e. The number of carboxylic acid groups (broad SMARTS) is 1. The Kier molecular flexibility index (Phi) is 4.65. The fourth-order valence-electron chi connectivity index (χ4n) is 2.83. The molecule has 0 saturated carbocycles. The molecule has 1 aromatic heterocycles. The SMILES string of the molecule is CC(C)Cn1cc(C(=O)N2CC(C)CC(C(=O)O)C2)cn1. The lowest BCUT2D eigenvalue weighted by molar-refractivity contribution is -0.143. The van der Waals surface area contributed by atoms with Crippen LogP contribution in [-0.4, -0.2) is 44.8 Å². The molecule has 1 N–H and O–H groups in total. The van der Waals surface area contributed by atoms with Gasteiger partial charge in [0.15, 0.2) is 0 Å². The molecule has 0 aliphatic carbocycles. The van der Waals surface area contributed by atoms with Gasteiger partial charge in [-0.1, -0.05) is 20.8 Å². The van der Waals surface area contributed by atoms with Gasteiger partial charge in [-0.2, -0.15) is 5.10 Å². The summed E-state index contributed by atoms with van der Waals surface area (Å²) in [4.78, 5) is 25.3. The van der Waals surface area contributed by atoms with E-state index in [1.54, 1.807) is 22.0 Å². The lowest BCUT2D eigenvalue weighted by Crippen LogP contribution is -2.45. The van der Waals surface area contributed by atoms with E-state index in [4.69, 9.17) is 0 Å². The summed E-state index contributed by atoms with van der Waals surface area (Å²) in [5.74, 6) is -0.755. The Labute approximate surface area is 124 Å². The minimum Gasteiger partial charge on any atom is -0.481 e. The third kappa shape index (κ3) is 3.83. The number of carboxylic acids is 1. The summed E-state index contributed by atoms with van der Waals surface area (Å²) in [7, 11) is 0. The Balaban J connectivity index is 2.08. The van der Waals surface area contributed by atoms with E-state index >= 15 is 0 Å². The number of hydrogen-bond donors (Lipinski definition) is 1. The molecule has 116 valence electrons. The van der Waals surface area contributed by atoms with Crippen molar-refractivity contribution in [1.29, 1.82) is 0 Å². The Morgan fingerprint density at radius 1 is 1.43 bits per heavy atom. The number of hydrogen-bond acceptors (Lipinski definition) is 3. The molecular formula is C15H23N3O3. The van der Waals surface area contributed by atoms with Crippen LogP contribution in [-0.2, 0) is 11.3 Å². The molecule has 2 heterocycles. The first-order valence-corrected chi connectivity index (χ1v) is 7.41. The average Bonchev–Trinajstić information content (AvgIpc) is 2.84. The number of piperidine rings is 1. The monoisotopic (exact) mass is 293 g/mol. The highest BCUT2D eigenvalue weighted by molar-refractivity contribution is 5.94. The summed E-state index contributed by atoms with van der Waals surface area (Å²) in [6.07, 6.45) is 3.95. The predicted molar refractivity (Wildman–Crippen MR) is 77.9 cm³/mol. The van der Waals surface area contributed by atoms with Gasteiger partial charge in [-0.05, 0) is 18.3 Å². The van der Waals surface area contributed by atoms with Gasteiger partial charge in [0.25, 0.3) is 5.91 Å². The van der Waals surface area contributed by atoms with Crippen molar-refractivity contribution in [2.45, 2.75) is 33.7 Å². The van der Waals surface area contributed by atoms with E-state index < -0.39 is 11.9 Å². The normalized spacial score (nSPS) is 22.6. The number of carbonyl (C=O) groups is 2. The van der Waals surface area contributed by atoms with E-state index in [1.165, 1.54) is 0 Å². The summed E-state index contributed by atoms with van der Waals surface area (Å²) < 4.78 is 1.76. The number of aromatic nitrogens is 2. The number of aliphatic carboxylic acids is 1. The van der Waals surface area contributed by atoms with Gasteiger partial charge in [0.2, 0.25) is 0 Å². The lowest BCUT2D eigenvalue weighted by Gasteiger charge is -2.34. The minimum atomic E-state index is -0.824. The second kappa shape index (κ2) is 6.28. The first kappa shape index (κ1) is 15.5. The molecule has 1 amide bonds. The zero-order valence-electron chi connectivity index (χ0n) is 12.8. The van der Waals surface area contributed by atoms with E-state index in [0.29, 0.717) is 24.4 Å². The summed E-state index contributed by atoms with van der Waals surface area (Å²) in [6.45, 7) is 7.82. The quantitative estimate of drug-likeness (QED) is 0.917. The molecule has 1 saturated heterocycles. The molecule has 0 spiro atoms. The first-order valence-electron chi connectivity index (χ1n) is 7.41. The Morgan fingerprint density at radius 3 is 2.76 bits per heavy atom. The van der Waals surface area contributed by atoms with Crippen LogP contribution < -0.4 is 0 Å². The van der Waals surface area contributed by atoms with Gasteiger partial charge in [0.05, 0.1) is 17.7 Å². The van der Waals surface area contributed by atoms with Crippen molar-refractivity contribution in [2.24, 2.45) is 17.8 Å². The number of carbonyl (C=O) groups excluding carboxylic acids is 1. The maximum Gasteiger partial charge on any atom is 0.308 e. The number of likely N-dealkylation sites (tertiary alicyclic amines) is 1. The Hall–Kier alpha value is -1.85. The second-order valence-corrected chi connectivity index (χ2v) is 6.43. The molecule has 0 radical (unpaired) electrons. The topological polar surface area (TPSA) is 75.4 Å². The smallest absolute Gasteiger partial charge is 0.308 e. The fourth-order valence-corrected chi connectivity index (χ4v) is 2.83. The van der Waals surface area contributed by atoms with Crippen molar-refractivity contribution in [3.63, 3.8) is 0 Å². The third-order valence-electron chi connectivity index (χ3n) is 3.73. The maximum atomic E-state index is 12.5. The summed E-state index contributed by atoms with van der Waals surface area (Å²) in [6, 6.07) is 0. The molecule has 2 unspecified atom stereocenters. The molecule has 0 bridgehead atoms. The highest BCUT2D eigenvalue weighted by atomic mass is 16.4. The predicted octanol–water partition coefficient (Wildman–Crippen LogP) is 1.72. The molecule has 1 aromatic rings. The molecule has 21 heavy (non-hydrogen) atoms. The van der Waals surface area contributed by atoms with Crippen LogP contribution in [0, 0.1) is 17.8 Å². The molecular weight excluding hydrogens is 270 g/mol. The summed E-state index contributed by atoms with van der Waals surface area (Å²) in [5.41, 5.74) is 0.536. The summed E-state index contributed by atoms with van der Waals surface area (Å²) >= 11 is 0. The number of rotatable bonds is 4. The Morgan fingerprint density at radius 2 is 2.14 bits per heavy atom. The second-order valence-electron chi connectivity index (χ2n) is 6.43. The third-order valence-corrected chi connectivity index (χ3v) is 3.73. The van der Waals surface area contributed by atoms with E-state index in [0.717, 1.165) is 6.54 Å². The van der Waals surface area contributed by atoms with Crippen LogP contribution in [0.3, 0.4) is 0 Å². The van der Waals surface area contributed by atoms with Crippen molar-refractivity contribution in [3.05, 3.63) is 18.0 Å². The Bertz CT molecular complexity index is 524. The highest BCUT2D eigenvalue weighted by Crippen LogP contribution is 2.23. The average molecular weight is 293 g/mol. The van der Waals surface area contributed by atoms with Gasteiger partial charge in [-0.3, -0.25) is 14.3 Å². The molecule has 6 nitrogen and oxygen atoms in total. The van der Waals surface area contributed by atoms with Crippen LogP contribution in [0.15, 0.2) is 12.4 Å². The lowest BCUT2D eigenvalue weighted by atomic mass is 9.90. The van der Waals surface area contributed by atoms with Crippen LogP contribution in [0.1, 0.15) is 37.6 Å². The molecule has 1 aliphatic rings. The molecule has 0 aromatic carbocycles. The van der Waals surface area contributed by atoms with Gasteiger partial charge >= 0.3 is 5.97 Å². The van der Waals surface area contributed by atoms with Gasteiger partial charge < -0.3 is 10.0 Å². The molecule has 6 heteroatoms. The van der Waals surface area contributed by atoms with Gasteiger partial charge in [-0.15, -0.1) is 0 Å². The highest BCUT2D eigenvalue weighted by Gasteiger charge is 2.32. The van der Waals surface area contributed by atoms with E-state index in [2.05, 4.69) is 18.9 Å². The standard InChI is InChI=1S/C15H23N3O3/c1-10(2)6-18-9-13(5-16-18)14(19)17-7-11(3)4-12(8-17)15(20)21/h5,9-12H,4,6-8H2,1-3H3,(H,20,21). The molecule has 2 atom stereocenters. The zero-order chi connectivity index (χ0) is 15.6. The molecule has 1 aliphatic heterocycles. The summed E-state index contributed by atoms with van der Waals surface area (Å²) in [5, 5.41) is 13.4. The van der Waals surface area contributed by atoms with E-state index in [9.17, 15) is 14.7 Å². The number of amides is 1. The van der Waals surface area contributed by atoms with E-state index in [1.807, 2.05) is 6.92 Å². The van der Waals surface area contributed by atoms with Gasteiger partial charge in [-0.25, -0.2) is 0 Å². The first-order chi connectivity index (χ1) is 9.86.